The Balaban J connectivity index is 1.99. The molecule has 0 aliphatic carbocycles. The van der Waals surface area contributed by atoms with Crippen LogP contribution in [0.4, 0.5) is 5.00 Å². The Morgan fingerprint density at radius 1 is 1.52 bits per heavy atom. The number of nitrogens with zero attached hydrogens (tertiary/aromatic N) is 3. The summed E-state index contributed by atoms with van der Waals surface area (Å²) < 4.78 is 2.18. The van der Waals surface area contributed by atoms with E-state index in [1.165, 1.54) is 23.1 Å². The van der Waals surface area contributed by atoms with E-state index in [-0.39, 0.29) is 11.7 Å². The zero-order chi connectivity index (χ0) is 16.8. The number of hydrogen-bond donors (Lipinski definition) is 1. The average Bonchev–Trinajstić information content (AvgIpc) is 3.09. The van der Waals surface area contributed by atoms with E-state index in [0.717, 1.165) is 35.9 Å². The van der Waals surface area contributed by atoms with Crippen molar-refractivity contribution in [2.75, 3.05) is 11.1 Å². The fraction of sp³-hybridized carbons (Fsp3) is 0.438. The van der Waals surface area contributed by atoms with Crippen molar-refractivity contribution in [2.45, 2.75) is 45.3 Å². The monoisotopic (exact) mass is 348 g/mol. The quantitative estimate of drug-likeness (QED) is 0.769. The topological polar surface area (TPSA) is 70.7 Å². The highest BCUT2D eigenvalue weighted by Crippen LogP contribution is 2.24. The highest BCUT2D eigenvalue weighted by atomic mass is 32.2. The molecule has 0 aromatic carbocycles. The summed E-state index contributed by atoms with van der Waals surface area (Å²) in [6.45, 7) is 7.14. The van der Waals surface area contributed by atoms with Crippen LogP contribution >= 0.6 is 23.1 Å². The van der Waals surface area contributed by atoms with Gasteiger partial charge in [-0.2, -0.15) is 5.26 Å². The van der Waals surface area contributed by atoms with Crippen LogP contribution in [0.1, 0.15) is 36.7 Å². The van der Waals surface area contributed by atoms with Gasteiger partial charge in [0.05, 0.1) is 17.0 Å². The van der Waals surface area contributed by atoms with Crippen molar-refractivity contribution in [3.63, 3.8) is 0 Å². The Kier molecular flexibility index (Phi) is 6.25. The Labute approximate surface area is 144 Å². The molecule has 0 saturated carbocycles. The molecule has 7 heteroatoms. The van der Waals surface area contributed by atoms with Gasteiger partial charge in [0.15, 0.2) is 5.16 Å². The third kappa shape index (κ3) is 4.36. The molecule has 2 heterocycles. The van der Waals surface area contributed by atoms with Crippen molar-refractivity contribution < 1.29 is 4.79 Å². The maximum Gasteiger partial charge on any atom is 0.235 e. The lowest BCUT2D eigenvalue weighted by Crippen LogP contribution is -2.14. The molecule has 0 fully saturated rings. The van der Waals surface area contributed by atoms with Crippen molar-refractivity contribution in [1.82, 2.24) is 9.55 Å². The number of unbranched alkanes of at least 4 members (excludes halogenated alkanes) is 1. The molecule has 0 saturated heterocycles. The maximum absolute atomic E-state index is 12.1. The number of thioether (sulfide) groups is 1. The van der Waals surface area contributed by atoms with E-state index < -0.39 is 0 Å². The summed E-state index contributed by atoms with van der Waals surface area (Å²) in [5.74, 6) is 0.166. The SMILES string of the molecule is CCCCn1c(SCC(=O)Nc2sccc2C#N)nc(C)c1C. The van der Waals surface area contributed by atoms with Gasteiger partial charge in [-0.1, -0.05) is 25.1 Å². The van der Waals surface area contributed by atoms with Gasteiger partial charge in [-0.15, -0.1) is 11.3 Å². The molecule has 0 spiro atoms. The maximum atomic E-state index is 12.1. The van der Waals surface area contributed by atoms with Crippen LogP contribution in [-0.2, 0) is 11.3 Å². The predicted octanol–water partition coefficient (Wildman–Crippen LogP) is 3.96. The Morgan fingerprint density at radius 3 is 3.00 bits per heavy atom. The second kappa shape index (κ2) is 8.18. The number of amides is 1. The fourth-order valence-electron chi connectivity index (χ4n) is 2.10. The number of aromatic nitrogens is 2. The lowest BCUT2D eigenvalue weighted by atomic mass is 10.3. The van der Waals surface area contributed by atoms with Gasteiger partial charge in [0.25, 0.3) is 0 Å². The summed E-state index contributed by atoms with van der Waals surface area (Å²) >= 11 is 2.80. The van der Waals surface area contributed by atoms with Crippen LogP contribution in [0.3, 0.4) is 0 Å². The summed E-state index contributed by atoms with van der Waals surface area (Å²) in [6, 6.07) is 3.78. The molecule has 23 heavy (non-hydrogen) atoms. The van der Waals surface area contributed by atoms with E-state index in [1.807, 2.05) is 6.92 Å². The molecule has 0 radical (unpaired) electrons. The first-order chi connectivity index (χ1) is 11.1. The summed E-state index contributed by atoms with van der Waals surface area (Å²) in [4.78, 5) is 16.7. The van der Waals surface area contributed by atoms with Crippen molar-refractivity contribution in [2.24, 2.45) is 0 Å². The standard InChI is InChI=1S/C16H20N4OS2/c1-4-5-7-20-12(3)11(2)18-16(20)23-10-14(21)19-15-13(9-17)6-8-22-15/h6,8H,4-5,7,10H2,1-3H3,(H,19,21). The molecule has 0 aliphatic rings. The van der Waals surface area contributed by atoms with Crippen molar-refractivity contribution in [1.29, 1.82) is 5.26 Å². The summed E-state index contributed by atoms with van der Waals surface area (Å²) in [7, 11) is 0. The minimum atomic E-state index is -0.116. The number of carbonyl (C=O) groups excluding carboxylic acids is 1. The van der Waals surface area contributed by atoms with Crippen LogP contribution < -0.4 is 5.32 Å². The first kappa shape index (κ1) is 17.6. The van der Waals surface area contributed by atoms with Gasteiger partial charge in [0.2, 0.25) is 5.91 Å². The molecule has 5 nitrogen and oxygen atoms in total. The summed E-state index contributed by atoms with van der Waals surface area (Å²) in [6.07, 6.45) is 2.22. The molecule has 0 atom stereocenters. The zero-order valence-electron chi connectivity index (χ0n) is 13.5. The van der Waals surface area contributed by atoms with E-state index in [0.29, 0.717) is 10.6 Å². The smallest absolute Gasteiger partial charge is 0.235 e. The Hall–Kier alpha value is -1.78. The van der Waals surface area contributed by atoms with Gasteiger partial charge in [0, 0.05) is 12.2 Å². The van der Waals surface area contributed by atoms with Gasteiger partial charge in [-0.3, -0.25) is 4.79 Å². The van der Waals surface area contributed by atoms with E-state index in [1.54, 1.807) is 11.4 Å². The normalized spacial score (nSPS) is 10.5. The summed E-state index contributed by atoms with van der Waals surface area (Å²) in [5.41, 5.74) is 2.67. The van der Waals surface area contributed by atoms with Gasteiger partial charge < -0.3 is 9.88 Å². The summed E-state index contributed by atoms with van der Waals surface area (Å²) in [5, 5.41) is 15.1. The van der Waals surface area contributed by atoms with E-state index >= 15 is 0 Å². The van der Waals surface area contributed by atoms with Gasteiger partial charge in [0.1, 0.15) is 11.1 Å². The number of carbonyl (C=O) groups is 1. The van der Waals surface area contributed by atoms with Crippen molar-refractivity contribution >= 4 is 34.0 Å². The molecule has 1 amide bonds. The minimum absolute atomic E-state index is 0.116. The predicted molar refractivity (Wildman–Crippen MR) is 95.0 cm³/mol. The highest BCUT2D eigenvalue weighted by molar-refractivity contribution is 7.99. The number of hydrogen-bond acceptors (Lipinski definition) is 5. The van der Waals surface area contributed by atoms with Gasteiger partial charge in [-0.05, 0) is 31.7 Å². The van der Waals surface area contributed by atoms with E-state index in [9.17, 15) is 4.79 Å². The van der Waals surface area contributed by atoms with Crippen LogP contribution in [0, 0.1) is 25.2 Å². The molecule has 0 bridgehead atoms. The molecule has 0 aliphatic heterocycles. The van der Waals surface area contributed by atoms with Gasteiger partial charge in [-0.25, -0.2) is 4.98 Å². The molecule has 2 aromatic rings. The number of rotatable bonds is 7. The van der Waals surface area contributed by atoms with Gasteiger partial charge >= 0.3 is 0 Å². The number of nitriles is 1. The van der Waals surface area contributed by atoms with Crippen LogP contribution in [0.15, 0.2) is 16.6 Å². The zero-order valence-corrected chi connectivity index (χ0v) is 15.2. The Morgan fingerprint density at radius 2 is 2.30 bits per heavy atom. The first-order valence-electron chi connectivity index (χ1n) is 7.50. The lowest BCUT2D eigenvalue weighted by molar-refractivity contribution is -0.113. The Bertz CT molecular complexity index is 727. The molecule has 122 valence electrons. The minimum Gasteiger partial charge on any atom is -0.323 e. The molecular formula is C16H20N4OS2. The van der Waals surface area contributed by atoms with Crippen molar-refractivity contribution in [3.05, 3.63) is 28.4 Å². The van der Waals surface area contributed by atoms with Crippen molar-refractivity contribution in [3.8, 4) is 6.07 Å². The van der Waals surface area contributed by atoms with Crippen LogP contribution in [-0.4, -0.2) is 21.2 Å². The number of anilines is 1. The third-order valence-corrected chi connectivity index (χ3v) is 5.34. The average molecular weight is 348 g/mol. The lowest BCUT2D eigenvalue weighted by Gasteiger charge is -2.09. The van der Waals surface area contributed by atoms with Crippen LogP contribution in [0.5, 0.6) is 0 Å². The van der Waals surface area contributed by atoms with E-state index in [4.69, 9.17) is 5.26 Å². The number of thiophene rings is 1. The molecule has 2 rings (SSSR count). The fourth-order valence-corrected chi connectivity index (χ4v) is 3.77. The first-order valence-corrected chi connectivity index (χ1v) is 9.37. The number of imidazole rings is 1. The van der Waals surface area contributed by atoms with Crippen LogP contribution in [0.2, 0.25) is 0 Å². The molecule has 1 N–H and O–H groups in total. The second-order valence-corrected chi connectivity index (χ2v) is 7.04. The second-order valence-electron chi connectivity index (χ2n) is 5.18. The highest BCUT2D eigenvalue weighted by Gasteiger charge is 2.14. The van der Waals surface area contributed by atoms with Crippen LogP contribution in [0.25, 0.3) is 0 Å². The number of aryl methyl sites for hydroxylation is 1. The largest absolute Gasteiger partial charge is 0.323 e. The van der Waals surface area contributed by atoms with E-state index in [2.05, 4.69) is 34.8 Å². The molecular weight excluding hydrogens is 328 g/mol. The molecule has 2 aromatic heterocycles. The number of nitrogens with one attached hydrogen (secondary N) is 1. The third-order valence-electron chi connectivity index (χ3n) is 3.53. The molecule has 0 unspecified atom stereocenters.